The Hall–Kier alpha value is -4.46. The van der Waals surface area contributed by atoms with E-state index in [4.69, 9.17) is 4.74 Å². The molecule has 1 aliphatic rings. The van der Waals surface area contributed by atoms with Gasteiger partial charge in [0.2, 0.25) is 5.95 Å². The van der Waals surface area contributed by atoms with E-state index in [0.717, 1.165) is 11.1 Å². The molecule has 0 spiro atoms. The number of fused-ring (bicyclic) bond motifs is 1. The Labute approximate surface area is 206 Å². The molecule has 1 aromatic heterocycles. The molecule has 0 aliphatic carbocycles. The van der Waals surface area contributed by atoms with Crippen molar-refractivity contribution in [2.24, 2.45) is 0 Å². The fourth-order valence-electron chi connectivity index (χ4n) is 4.50. The molecule has 0 saturated carbocycles. The van der Waals surface area contributed by atoms with E-state index in [1.807, 2.05) is 26.0 Å². The van der Waals surface area contributed by atoms with Gasteiger partial charge in [0.15, 0.2) is 0 Å². The van der Waals surface area contributed by atoms with Crippen molar-refractivity contribution in [2.75, 3.05) is 12.0 Å². The number of hydrogen-bond donors (Lipinski definition) is 2. The number of aliphatic hydroxyl groups is 1. The largest absolute Gasteiger partial charge is 0.507 e. The number of ether oxygens (including phenoxy) is 1. The number of halogens is 1. The van der Waals surface area contributed by atoms with Gasteiger partial charge in [-0.3, -0.25) is 14.5 Å². The van der Waals surface area contributed by atoms with Gasteiger partial charge >= 0.3 is 5.91 Å². The molecule has 1 saturated heterocycles. The van der Waals surface area contributed by atoms with Crippen molar-refractivity contribution in [3.8, 4) is 5.75 Å². The highest BCUT2D eigenvalue weighted by Crippen LogP contribution is 2.42. The number of ketones is 1. The summed E-state index contributed by atoms with van der Waals surface area (Å²) in [6, 6.07) is 13.8. The number of nitrogens with zero attached hydrogens (tertiary/aromatic N) is 2. The van der Waals surface area contributed by atoms with Crippen LogP contribution in [-0.4, -0.2) is 33.9 Å². The van der Waals surface area contributed by atoms with Crippen LogP contribution in [0.15, 0.2) is 60.2 Å². The maximum Gasteiger partial charge on any atom is 0.302 e. The van der Waals surface area contributed by atoms with Crippen molar-refractivity contribution in [2.45, 2.75) is 26.8 Å². The highest BCUT2D eigenvalue weighted by atomic mass is 19.1. The van der Waals surface area contributed by atoms with E-state index in [1.165, 1.54) is 30.2 Å². The first-order valence-electron chi connectivity index (χ1n) is 11.4. The average molecular weight is 486 g/mol. The lowest BCUT2D eigenvalue weighted by Gasteiger charge is -2.23. The SMILES string of the molecule is COc1cccc(C2/C(=C(\O)c3ccc(F)c(C)c3)C(=O)C(=O)N2c2nc3cc(C)c(C)cc3[nH]2)c1. The molecule has 8 heteroatoms. The van der Waals surface area contributed by atoms with Gasteiger partial charge in [0.25, 0.3) is 5.78 Å². The van der Waals surface area contributed by atoms with Gasteiger partial charge in [-0.05, 0) is 85.5 Å². The highest BCUT2D eigenvalue weighted by Gasteiger charge is 2.48. The van der Waals surface area contributed by atoms with E-state index in [0.29, 0.717) is 27.9 Å². The second-order valence-electron chi connectivity index (χ2n) is 8.92. The van der Waals surface area contributed by atoms with Crippen LogP contribution in [-0.2, 0) is 9.59 Å². The predicted molar refractivity (Wildman–Crippen MR) is 134 cm³/mol. The Bertz CT molecular complexity index is 1550. The number of Topliss-reactive ketones (excluding diaryl/α,β-unsaturated/α-hetero) is 1. The number of methoxy groups -OCH3 is 1. The van der Waals surface area contributed by atoms with Crippen LogP contribution < -0.4 is 9.64 Å². The molecule has 2 heterocycles. The monoisotopic (exact) mass is 485 g/mol. The molecule has 36 heavy (non-hydrogen) atoms. The maximum absolute atomic E-state index is 13.9. The molecule has 2 N–H and O–H groups in total. The molecule has 0 bridgehead atoms. The molecule has 1 amide bonds. The van der Waals surface area contributed by atoms with Gasteiger partial charge in [-0.2, -0.15) is 0 Å². The summed E-state index contributed by atoms with van der Waals surface area (Å²) in [6.45, 7) is 5.50. The Morgan fingerprint density at radius 2 is 1.78 bits per heavy atom. The number of H-pyrrole nitrogens is 1. The smallest absolute Gasteiger partial charge is 0.302 e. The van der Waals surface area contributed by atoms with Gasteiger partial charge < -0.3 is 14.8 Å². The minimum Gasteiger partial charge on any atom is -0.507 e. The van der Waals surface area contributed by atoms with Crippen LogP contribution in [0.1, 0.15) is 33.9 Å². The third-order valence-corrected chi connectivity index (χ3v) is 6.60. The summed E-state index contributed by atoms with van der Waals surface area (Å²) < 4.78 is 19.3. The average Bonchev–Trinajstić information content (AvgIpc) is 3.38. The van der Waals surface area contributed by atoms with Gasteiger partial charge in [-0.15, -0.1) is 0 Å². The van der Waals surface area contributed by atoms with Crippen LogP contribution >= 0.6 is 0 Å². The molecule has 4 aromatic rings. The minimum absolute atomic E-state index is 0.118. The summed E-state index contributed by atoms with van der Waals surface area (Å²) >= 11 is 0. The Morgan fingerprint density at radius 3 is 2.50 bits per heavy atom. The summed E-state index contributed by atoms with van der Waals surface area (Å²) in [5, 5.41) is 11.3. The Balaban J connectivity index is 1.75. The molecular weight excluding hydrogens is 461 g/mol. The number of nitrogens with one attached hydrogen (secondary N) is 1. The van der Waals surface area contributed by atoms with E-state index >= 15 is 0 Å². The summed E-state index contributed by atoms with van der Waals surface area (Å²) in [4.78, 5) is 35.8. The lowest BCUT2D eigenvalue weighted by atomic mass is 9.94. The number of carbonyl (C=O) groups excluding carboxylic acids is 2. The normalized spacial score (nSPS) is 17.2. The van der Waals surface area contributed by atoms with Crippen molar-refractivity contribution in [3.63, 3.8) is 0 Å². The quantitative estimate of drug-likeness (QED) is 0.234. The Kier molecular flexibility index (Phi) is 5.59. The Morgan fingerprint density at radius 1 is 1.03 bits per heavy atom. The zero-order valence-corrected chi connectivity index (χ0v) is 20.2. The van der Waals surface area contributed by atoms with Crippen LogP contribution in [0, 0.1) is 26.6 Å². The number of carbonyl (C=O) groups is 2. The van der Waals surface area contributed by atoms with E-state index < -0.39 is 29.3 Å². The molecule has 7 nitrogen and oxygen atoms in total. The highest BCUT2D eigenvalue weighted by molar-refractivity contribution is 6.51. The number of aromatic nitrogens is 2. The van der Waals surface area contributed by atoms with Crippen LogP contribution in [0.2, 0.25) is 0 Å². The van der Waals surface area contributed by atoms with Crippen LogP contribution in [0.25, 0.3) is 16.8 Å². The molecule has 0 radical (unpaired) electrons. The van der Waals surface area contributed by atoms with Crippen molar-refractivity contribution in [3.05, 3.63) is 93.8 Å². The summed E-state index contributed by atoms with van der Waals surface area (Å²) in [6.07, 6.45) is 0. The number of aliphatic hydroxyl groups excluding tert-OH is 1. The van der Waals surface area contributed by atoms with Gasteiger partial charge in [0.05, 0.1) is 29.8 Å². The van der Waals surface area contributed by atoms with Crippen LogP contribution in [0.3, 0.4) is 0 Å². The molecule has 182 valence electrons. The standard InChI is InChI=1S/C28H24FN3O4/c1-14-11-21-22(12-15(14)2)31-28(30-21)32-24(17-6-5-7-19(13-17)36-4)23(26(34)27(32)35)25(33)18-8-9-20(29)16(3)10-18/h5-13,24,33H,1-4H3,(H,30,31)/b25-23+. The molecular formula is C28H24FN3O4. The third-order valence-electron chi connectivity index (χ3n) is 6.60. The molecule has 1 unspecified atom stereocenters. The molecule has 1 fully saturated rings. The zero-order chi connectivity index (χ0) is 25.7. The van der Waals surface area contributed by atoms with Crippen LogP contribution in [0.4, 0.5) is 10.3 Å². The van der Waals surface area contributed by atoms with Gasteiger partial charge in [-0.25, -0.2) is 9.37 Å². The maximum atomic E-state index is 13.9. The van der Waals surface area contributed by atoms with Gasteiger partial charge in [-0.1, -0.05) is 12.1 Å². The number of anilines is 1. The first-order valence-corrected chi connectivity index (χ1v) is 11.4. The summed E-state index contributed by atoms with van der Waals surface area (Å²) in [5.41, 5.74) is 4.41. The predicted octanol–water partition coefficient (Wildman–Crippen LogP) is 5.26. The number of benzene rings is 3. The van der Waals surface area contributed by atoms with E-state index in [2.05, 4.69) is 9.97 Å². The fraction of sp³-hybridized carbons (Fsp3) is 0.179. The lowest BCUT2D eigenvalue weighted by Crippen LogP contribution is -2.30. The third kappa shape index (κ3) is 3.71. The van der Waals surface area contributed by atoms with Crippen molar-refractivity contribution in [1.29, 1.82) is 0 Å². The van der Waals surface area contributed by atoms with E-state index in [-0.39, 0.29) is 17.1 Å². The summed E-state index contributed by atoms with van der Waals surface area (Å²) in [5.74, 6) is -1.84. The minimum atomic E-state index is -0.992. The van der Waals surface area contributed by atoms with E-state index in [9.17, 15) is 19.1 Å². The number of aryl methyl sites for hydroxylation is 3. The number of hydrogen-bond acceptors (Lipinski definition) is 5. The molecule has 3 aromatic carbocycles. The van der Waals surface area contributed by atoms with Crippen molar-refractivity contribution >= 4 is 34.4 Å². The molecule has 5 rings (SSSR count). The number of imidazole rings is 1. The first kappa shape index (κ1) is 23.3. The zero-order valence-electron chi connectivity index (χ0n) is 20.2. The summed E-state index contributed by atoms with van der Waals surface area (Å²) in [7, 11) is 1.52. The second kappa shape index (κ2) is 8.64. The molecule has 1 atom stereocenters. The number of amides is 1. The van der Waals surface area contributed by atoms with Crippen molar-refractivity contribution in [1.82, 2.24) is 9.97 Å². The fourth-order valence-corrected chi connectivity index (χ4v) is 4.50. The van der Waals surface area contributed by atoms with Gasteiger partial charge in [0, 0.05) is 5.56 Å². The number of aromatic amines is 1. The second-order valence-corrected chi connectivity index (χ2v) is 8.92. The first-order chi connectivity index (χ1) is 17.2. The lowest BCUT2D eigenvalue weighted by molar-refractivity contribution is -0.132. The topological polar surface area (TPSA) is 95.5 Å². The number of rotatable bonds is 4. The van der Waals surface area contributed by atoms with Crippen molar-refractivity contribution < 1.29 is 23.8 Å². The van der Waals surface area contributed by atoms with Gasteiger partial charge in [0.1, 0.15) is 17.3 Å². The van der Waals surface area contributed by atoms with Crippen LogP contribution in [0.5, 0.6) is 5.75 Å². The molecule has 1 aliphatic heterocycles. The van der Waals surface area contributed by atoms with E-state index in [1.54, 1.807) is 31.2 Å².